The first-order valence-electron chi connectivity index (χ1n) is 7.56. The summed E-state index contributed by atoms with van der Waals surface area (Å²) in [6.07, 6.45) is 5.68. The van der Waals surface area contributed by atoms with E-state index in [4.69, 9.17) is 4.74 Å². The van der Waals surface area contributed by atoms with E-state index in [0.717, 1.165) is 11.6 Å². The number of ether oxygens (including phenoxy) is 1. The van der Waals surface area contributed by atoms with Gasteiger partial charge in [0.15, 0.2) is 0 Å². The molecular weight excluding hydrogens is 252 g/mol. The van der Waals surface area contributed by atoms with Crippen molar-refractivity contribution in [1.29, 1.82) is 0 Å². The van der Waals surface area contributed by atoms with Gasteiger partial charge in [0.25, 0.3) is 5.56 Å². The minimum Gasteiger partial charge on any atom is -0.383 e. The Bertz CT molecular complexity index is 484. The first kappa shape index (κ1) is 15.1. The van der Waals surface area contributed by atoms with Crippen LogP contribution in [-0.2, 0) is 11.3 Å². The third kappa shape index (κ3) is 3.85. The third-order valence-corrected chi connectivity index (χ3v) is 4.30. The molecule has 1 aliphatic carbocycles. The van der Waals surface area contributed by atoms with E-state index >= 15 is 0 Å². The largest absolute Gasteiger partial charge is 0.383 e. The fourth-order valence-electron chi connectivity index (χ4n) is 3.08. The molecule has 20 heavy (non-hydrogen) atoms. The minimum atomic E-state index is 0.0258. The van der Waals surface area contributed by atoms with Gasteiger partial charge in [-0.05, 0) is 37.2 Å². The van der Waals surface area contributed by atoms with Crippen LogP contribution in [0.1, 0.15) is 33.1 Å². The zero-order valence-electron chi connectivity index (χ0n) is 12.8. The molecule has 0 aromatic carbocycles. The normalized spacial score (nSPS) is 26.4. The second kappa shape index (κ2) is 6.93. The van der Waals surface area contributed by atoms with Crippen LogP contribution in [0.4, 0.5) is 5.69 Å². The average Bonchev–Trinajstić information content (AvgIpc) is 2.42. The molecule has 0 spiro atoms. The lowest BCUT2D eigenvalue weighted by atomic mass is 9.80. The molecule has 0 saturated heterocycles. The zero-order chi connectivity index (χ0) is 14.5. The van der Waals surface area contributed by atoms with Crippen molar-refractivity contribution in [1.82, 2.24) is 4.57 Å². The summed E-state index contributed by atoms with van der Waals surface area (Å²) < 4.78 is 6.75. The predicted molar refractivity (Wildman–Crippen MR) is 82.2 cm³/mol. The molecule has 1 heterocycles. The summed E-state index contributed by atoms with van der Waals surface area (Å²) in [5.41, 5.74) is 1.06. The summed E-state index contributed by atoms with van der Waals surface area (Å²) in [5.74, 6) is 1.51. The SMILES string of the molecule is COCCn1cc(NC2CCC(C)CC2C)ccc1=O. The highest BCUT2D eigenvalue weighted by molar-refractivity contribution is 5.41. The lowest BCUT2D eigenvalue weighted by Crippen LogP contribution is -2.33. The summed E-state index contributed by atoms with van der Waals surface area (Å²) >= 11 is 0. The molecule has 1 N–H and O–H groups in total. The Morgan fingerprint density at radius 3 is 2.85 bits per heavy atom. The number of anilines is 1. The monoisotopic (exact) mass is 278 g/mol. The molecule has 0 bridgehead atoms. The molecule has 4 heteroatoms. The van der Waals surface area contributed by atoms with Crippen molar-refractivity contribution < 1.29 is 4.74 Å². The van der Waals surface area contributed by atoms with Crippen molar-refractivity contribution in [3.8, 4) is 0 Å². The lowest BCUT2D eigenvalue weighted by Gasteiger charge is -2.33. The smallest absolute Gasteiger partial charge is 0.250 e. The van der Waals surface area contributed by atoms with Gasteiger partial charge in [0.2, 0.25) is 0 Å². The molecular formula is C16H26N2O2. The van der Waals surface area contributed by atoms with E-state index in [9.17, 15) is 4.79 Å². The van der Waals surface area contributed by atoms with Crippen LogP contribution in [0.3, 0.4) is 0 Å². The quantitative estimate of drug-likeness (QED) is 0.900. The third-order valence-electron chi connectivity index (χ3n) is 4.30. The molecule has 1 aromatic rings. The number of aromatic nitrogens is 1. The van der Waals surface area contributed by atoms with Crippen LogP contribution >= 0.6 is 0 Å². The molecule has 2 rings (SSSR count). The van der Waals surface area contributed by atoms with Crippen LogP contribution in [0.5, 0.6) is 0 Å². The van der Waals surface area contributed by atoms with Crippen LogP contribution in [0.25, 0.3) is 0 Å². The fourth-order valence-corrected chi connectivity index (χ4v) is 3.08. The van der Waals surface area contributed by atoms with Gasteiger partial charge in [-0.3, -0.25) is 4.79 Å². The molecule has 0 aliphatic heterocycles. The Labute approximate surface area is 121 Å². The fraction of sp³-hybridized carbons (Fsp3) is 0.688. The molecule has 1 aromatic heterocycles. The van der Waals surface area contributed by atoms with Gasteiger partial charge in [-0.1, -0.05) is 13.8 Å². The van der Waals surface area contributed by atoms with Gasteiger partial charge < -0.3 is 14.6 Å². The Balaban J connectivity index is 2.04. The first-order valence-corrected chi connectivity index (χ1v) is 7.56. The maximum atomic E-state index is 11.8. The van der Waals surface area contributed by atoms with Gasteiger partial charge in [-0.15, -0.1) is 0 Å². The molecule has 1 saturated carbocycles. The number of nitrogens with zero attached hydrogens (tertiary/aromatic N) is 1. The number of hydrogen-bond donors (Lipinski definition) is 1. The molecule has 0 radical (unpaired) electrons. The van der Waals surface area contributed by atoms with Gasteiger partial charge in [-0.25, -0.2) is 0 Å². The Morgan fingerprint density at radius 2 is 2.15 bits per heavy atom. The average molecular weight is 278 g/mol. The number of hydrogen-bond acceptors (Lipinski definition) is 3. The van der Waals surface area contributed by atoms with Crippen LogP contribution in [-0.4, -0.2) is 24.3 Å². The van der Waals surface area contributed by atoms with E-state index in [1.165, 1.54) is 19.3 Å². The maximum absolute atomic E-state index is 11.8. The molecule has 112 valence electrons. The van der Waals surface area contributed by atoms with E-state index in [0.29, 0.717) is 25.1 Å². The van der Waals surface area contributed by atoms with Crippen molar-refractivity contribution in [2.45, 2.75) is 45.7 Å². The molecule has 0 amide bonds. The van der Waals surface area contributed by atoms with E-state index in [1.807, 2.05) is 12.3 Å². The van der Waals surface area contributed by atoms with Crippen LogP contribution in [0.15, 0.2) is 23.1 Å². The summed E-state index contributed by atoms with van der Waals surface area (Å²) in [6.45, 7) is 5.80. The first-order chi connectivity index (χ1) is 9.60. The summed E-state index contributed by atoms with van der Waals surface area (Å²) in [7, 11) is 1.65. The van der Waals surface area contributed by atoms with E-state index in [-0.39, 0.29) is 5.56 Å². The Kier molecular flexibility index (Phi) is 5.24. The highest BCUT2D eigenvalue weighted by Crippen LogP contribution is 2.30. The van der Waals surface area contributed by atoms with Crippen molar-refractivity contribution in [2.75, 3.05) is 19.0 Å². The number of methoxy groups -OCH3 is 1. The lowest BCUT2D eigenvalue weighted by molar-refractivity contribution is 0.186. The molecule has 4 nitrogen and oxygen atoms in total. The molecule has 3 atom stereocenters. The molecule has 3 unspecified atom stereocenters. The maximum Gasteiger partial charge on any atom is 0.250 e. The predicted octanol–water partition coefficient (Wildman–Crippen LogP) is 2.73. The second-order valence-corrected chi connectivity index (χ2v) is 6.09. The van der Waals surface area contributed by atoms with Gasteiger partial charge in [0.05, 0.1) is 12.3 Å². The number of nitrogens with one attached hydrogen (secondary N) is 1. The van der Waals surface area contributed by atoms with Crippen molar-refractivity contribution in [2.24, 2.45) is 11.8 Å². The van der Waals surface area contributed by atoms with E-state index in [1.54, 1.807) is 17.7 Å². The van der Waals surface area contributed by atoms with Gasteiger partial charge in [-0.2, -0.15) is 0 Å². The van der Waals surface area contributed by atoms with Gasteiger partial charge >= 0.3 is 0 Å². The molecule has 1 aliphatic rings. The van der Waals surface area contributed by atoms with E-state index < -0.39 is 0 Å². The highest BCUT2D eigenvalue weighted by atomic mass is 16.5. The molecule has 1 fully saturated rings. The van der Waals surface area contributed by atoms with Crippen molar-refractivity contribution in [3.05, 3.63) is 28.7 Å². The highest BCUT2D eigenvalue weighted by Gasteiger charge is 2.25. The number of pyridine rings is 1. The van der Waals surface area contributed by atoms with Gasteiger partial charge in [0.1, 0.15) is 0 Å². The van der Waals surface area contributed by atoms with Crippen molar-refractivity contribution in [3.63, 3.8) is 0 Å². The van der Waals surface area contributed by atoms with Crippen molar-refractivity contribution >= 4 is 5.69 Å². The topological polar surface area (TPSA) is 43.3 Å². The van der Waals surface area contributed by atoms with Crippen LogP contribution < -0.4 is 10.9 Å². The Hall–Kier alpha value is -1.29. The number of rotatable bonds is 5. The second-order valence-electron chi connectivity index (χ2n) is 6.09. The zero-order valence-corrected chi connectivity index (χ0v) is 12.8. The minimum absolute atomic E-state index is 0.0258. The summed E-state index contributed by atoms with van der Waals surface area (Å²) in [5, 5.41) is 3.59. The van der Waals surface area contributed by atoms with Crippen LogP contribution in [0, 0.1) is 11.8 Å². The standard InChI is InChI=1S/C16H26N2O2/c1-12-4-6-15(13(2)10-12)17-14-5-7-16(19)18(11-14)8-9-20-3/h5,7,11-13,15,17H,4,6,8-10H2,1-3H3. The summed E-state index contributed by atoms with van der Waals surface area (Å²) in [4.78, 5) is 11.8. The van der Waals surface area contributed by atoms with Crippen LogP contribution in [0.2, 0.25) is 0 Å². The van der Waals surface area contributed by atoms with E-state index in [2.05, 4.69) is 19.2 Å². The van der Waals surface area contributed by atoms with Gasteiger partial charge in [0, 0.05) is 32.0 Å². The Morgan fingerprint density at radius 1 is 1.35 bits per heavy atom. The summed E-state index contributed by atoms with van der Waals surface area (Å²) in [6, 6.07) is 4.03.